The third-order valence-electron chi connectivity index (χ3n) is 2.69. The van der Waals surface area contributed by atoms with Gasteiger partial charge in [-0.3, -0.25) is 4.68 Å². The molecule has 4 heteroatoms. The molecule has 0 saturated heterocycles. The molecule has 0 atom stereocenters. The van der Waals surface area contributed by atoms with E-state index in [-0.39, 0.29) is 0 Å². The Balaban J connectivity index is 2.10. The highest BCUT2D eigenvalue weighted by molar-refractivity contribution is 5.12. The first-order valence-electron chi connectivity index (χ1n) is 5.69. The minimum absolute atomic E-state index is 0.693. The van der Waals surface area contributed by atoms with Gasteiger partial charge in [0, 0.05) is 30.2 Å². The molecule has 2 rings (SSSR count). The predicted molar refractivity (Wildman–Crippen MR) is 64.2 cm³/mol. The van der Waals surface area contributed by atoms with Gasteiger partial charge in [0.2, 0.25) is 0 Å². The van der Waals surface area contributed by atoms with Gasteiger partial charge in [0.05, 0.1) is 12.7 Å². The summed E-state index contributed by atoms with van der Waals surface area (Å²) in [6.45, 7) is 4.58. The summed E-state index contributed by atoms with van der Waals surface area (Å²) in [5.41, 5.74) is 8.09. The third-order valence-corrected chi connectivity index (χ3v) is 2.69. The molecule has 2 aromatic rings. The lowest BCUT2D eigenvalue weighted by Crippen LogP contribution is -2.09. The average molecular weight is 218 g/mol. The van der Waals surface area contributed by atoms with Gasteiger partial charge in [0.25, 0.3) is 0 Å². The van der Waals surface area contributed by atoms with Crippen molar-refractivity contribution in [3.63, 3.8) is 0 Å². The summed E-state index contributed by atoms with van der Waals surface area (Å²) in [6.07, 6.45) is 7.03. The zero-order valence-corrected chi connectivity index (χ0v) is 9.63. The molecule has 0 saturated carbocycles. The number of hydrogen-bond donors (Lipinski definition) is 1. The normalized spacial score (nSPS) is 10.9. The van der Waals surface area contributed by atoms with E-state index in [4.69, 9.17) is 5.73 Å². The third kappa shape index (κ3) is 2.33. The molecular weight excluding hydrogens is 200 g/mol. The monoisotopic (exact) mass is 218 g/mol. The van der Waals surface area contributed by atoms with E-state index >= 15 is 0 Å². The lowest BCUT2D eigenvalue weighted by molar-refractivity contribution is 0.657. The van der Waals surface area contributed by atoms with Gasteiger partial charge in [0.1, 0.15) is 0 Å². The van der Waals surface area contributed by atoms with Gasteiger partial charge in [-0.15, -0.1) is 0 Å². The van der Waals surface area contributed by atoms with Crippen LogP contribution in [0.4, 0.5) is 0 Å². The second-order valence-electron chi connectivity index (χ2n) is 3.87. The summed E-state index contributed by atoms with van der Waals surface area (Å²) in [6, 6.07) is 4.19. The summed E-state index contributed by atoms with van der Waals surface area (Å²) < 4.78 is 4.17. The van der Waals surface area contributed by atoms with Crippen molar-refractivity contribution in [1.29, 1.82) is 0 Å². The Morgan fingerprint density at radius 2 is 2.31 bits per heavy atom. The smallest absolute Gasteiger partial charge is 0.0539 e. The number of aryl methyl sites for hydroxylation is 1. The molecule has 0 radical (unpaired) electrons. The molecule has 0 aromatic carbocycles. The van der Waals surface area contributed by atoms with Crippen molar-refractivity contribution in [2.24, 2.45) is 5.73 Å². The first-order valence-corrected chi connectivity index (χ1v) is 5.69. The molecule has 0 unspecified atom stereocenters. The van der Waals surface area contributed by atoms with E-state index in [1.165, 1.54) is 11.3 Å². The van der Waals surface area contributed by atoms with E-state index in [0.717, 1.165) is 19.5 Å². The van der Waals surface area contributed by atoms with Gasteiger partial charge < -0.3 is 10.3 Å². The summed E-state index contributed by atoms with van der Waals surface area (Å²) in [4.78, 5) is 0. The molecule has 2 N–H and O–H groups in total. The van der Waals surface area contributed by atoms with E-state index in [1.807, 2.05) is 10.9 Å². The number of hydrogen-bond acceptors (Lipinski definition) is 2. The summed E-state index contributed by atoms with van der Waals surface area (Å²) >= 11 is 0. The van der Waals surface area contributed by atoms with Crippen LogP contribution in [0.3, 0.4) is 0 Å². The highest BCUT2D eigenvalue weighted by Gasteiger charge is 2.02. The summed E-state index contributed by atoms with van der Waals surface area (Å²) in [5.74, 6) is 0. The molecule has 0 aliphatic heterocycles. The van der Waals surface area contributed by atoms with E-state index < -0.39 is 0 Å². The highest BCUT2D eigenvalue weighted by Crippen LogP contribution is 2.07. The Hall–Kier alpha value is -1.55. The Labute approximate surface area is 95.7 Å². The maximum absolute atomic E-state index is 5.58. The number of nitrogens with two attached hydrogens (primary N) is 1. The molecule has 0 fully saturated rings. The van der Waals surface area contributed by atoms with Crippen molar-refractivity contribution in [3.8, 4) is 0 Å². The molecular formula is C12H18N4. The van der Waals surface area contributed by atoms with Crippen molar-refractivity contribution in [1.82, 2.24) is 14.3 Å². The molecule has 0 aliphatic carbocycles. The Morgan fingerprint density at radius 3 is 3.00 bits per heavy atom. The van der Waals surface area contributed by atoms with Gasteiger partial charge in [-0.2, -0.15) is 5.10 Å². The zero-order chi connectivity index (χ0) is 11.4. The van der Waals surface area contributed by atoms with Gasteiger partial charge in [-0.05, 0) is 32.0 Å². The van der Waals surface area contributed by atoms with Crippen LogP contribution in [0.5, 0.6) is 0 Å². The molecule has 0 amide bonds. The second kappa shape index (κ2) is 4.99. The van der Waals surface area contributed by atoms with Gasteiger partial charge in [-0.1, -0.05) is 0 Å². The van der Waals surface area contributed by atoms with Crippen LogP contribution in [0.2, 0.25) is 0 Å². The van der Waals surface area contributed by atoms with Crippen LogP contribution >= 0.6 is 0 Å². The summed E-state index contributed by atoms with van der Waals surface area (Å²) in [7, 11) is 0. The fraction of sp³-hybridized carbons (Fsp3) is 0.417. The van der Waals surface area contributed by atoms with Crippen LogP contribution in [-0.4, -0.2) is 20.9 Å². The van der Waals surface area contributed by atoms with Crippen LogP contribution in [0.15, 0.2) is 30.7 Å². The predicted octanol–water partition coefficient (Wildman–Crippen LogP) is 1.25. The second-order valence-corrected chi connectivity index (χ2v) is 3.87. The fourth-order valence-electron chi connectivity index (χ4n) is 1.84. The maximum Gasteiger partial charge on any atom is 0.0539 e. The van der Waals surface area contributed by atoms with Crippen LogP contribution in [0.25, 0.3) is 0 Å². The molecule has 4 nitrogen and oxygen atoms in total. The van der Waals surface area contributed by atoms with Crippen molar-refractivity contribution in [2.45, 2.75) is 26.4 Å². The molecule has 86 valence electrons. The average Bonchev–Trinajstić information content (AvgIpc) is 2.90. The van der Waals surface area contributed by atoms with Crippen LogP contribution in [0.1, 0.15) is 18.2 Å². The number of aromatic nitrogens is 3. The molecule has 0 bridgehead atoms. The van der Waals surface area contributed by atoms with Gasteiger partial charge in [-0.25, -0.2) is 0 Å². The lowest BCUT2D eigenvalue weighted by Gasteiger charge is -2.06. The SMILES string of the molecule is CCn1cc(Cn2cccc2CCN)cn1. The molecule has 2 aromatic heterocycles. The Kier molecular flexibility index (Phi) is 3.41. The minimum Gasteiger partial charge on any atom is -0.347 e. The van der Waals surface area contributed by atoms with Gasteiger partial charge in [0.15, 0.2) is 0 Å². The van der Waals surface area contributed by atoms with Crippen molar-refractivity contribution >= 4 is 0 Å². The molecule has 0 aliphatic rings. The largest absolute Gasteiger partial charge is 0.347 e. The van der Waals surface area contributed by atoms with Crippen molar-refractivity contribution in [3.05, 3.63) is 42.0 Å². The van der Waals surface area contributed by atoms with E-state index in [9.17, 15) is 0 Å². The first-order chi connectivity index (χ1) is 7.83. The van der Waals surface area contributed by atoms with Crippen LogP contribution in [0, 0.1) is 0 Å². The van der Waals surface area contributed by atoms with Gasteiger partial charge >= 0.3 is 0 Å². The topological polar surface area (TPSA) is 48.8 Å². The van der Waals surface area contributed by atoms with Crippen molar-refractivity contribution < 1.29 is 0 Å². The van der Waals surface area contributed by atoms with E-state index in [0.29, 0.717) is 6.54 Å². The fourth-order valence-corrected chi connectivity index (χ4v) is 1.84. The van der Waals surface area contributed by atoms with E-state index in [1.54, 1.807) is 0 Å². The molecule has 0 spiro atoms. The zero-order valence-electron chi connectivity index (χ0n) is 9.63. The van der Waals surface area contributed by atoms with Crippen molar-refractivity contribution in [2.75, 3.05) is 6.54 Å². The van der Waals surface area contributed by atoms with Crippen LogP contribution < -0.4 is 5.73 Å². The van der Waals surface area contributed by atoms with Crippen LogP contribution in [-0.2, 0) is 19.5 Å². The minimum atomic E-state index is 0.693. The maximum atomic E-state index is 5.58. The molecule has 16 heavy (non-hydrogen) atoms. The number of nitrogens with zero attached hydrogens (tertiary/aromatic N) is 3. The lowest BCUT2D eigenvalue weighted by atomic mass is 10.3. The quantitative estimate of drug-likeness (QED) is 0.821. The first kappa shape index (κ1) is 11.0. The Bertz CT molecular complexity index is 441. The Morgan fingerprint density at radius 1 is 1.44 bits per heavy atom. The highest BCUT2D eigenvalue weighted by atomic mass is 15.3. The molecule has 2 heterocycles. The standard InChI is InChI=1S/C12H18N4/c1-2-16-10-11(8-14-16)9-15-7-3-4-12(15)5-6-13/h3-4,7-8,10H,2,5-6,9,13H2,1H3. The number of rotatable bonds is 5. The van der Waals surface area contributed by atoms with E-state index in [2.05, 4.69) is 41.1 Å². The summed E-state index contributed by atoms with van der Waals surface area (Å²) in [5, 5.41) is 4.27.